The van der Waals surface area contributed by atoms with Crippen molar-refractivity contribution in [3.63, 3.8) is 0 Å². The van der Waals surface area contributed by atoms with Crippen molar-refractivity contribution in [1.29, 1.82) is 0 Å². The summed E-state index contributed by atoms with van der Waals surface area (Å²) in [4.78, 5) is 18.1. The molecule has 1 aromatic heterocycles. The molecule has 5 heteroatoms. The number of carboxylic acids is 1. The quantitative estimate of drug-likeness (QED) is 0.657. The van der Waals surface area contributed by atoms with E-state index in [2.05, 4.69) is 15.3 Å². The summed E-state index contributed by atoms with van der Waals surface area (Å²) in [6, 6.07) is 1.36. The molecule has 1 rings (SSSR count). The Hall–Kier alpha value is -1.49. The van der Waals surface area contributed by atoms with Crippen molar-refractivity contribution in [3.8, 4) is 0 Å². The zero-order valence-electron chi connectivity index (χ0n) is 6.61. The summed E-state index contributed by atoms with van der Waals surface area (Å²) in [7, 11) is 1.75. The highest BCUT2D eigenvalue weighted by Crippen LogP contribution is 1.94. The highest BCUT2D eigenvalue weighted by molar-refractivity contribution is 5.85. The molecule has 0 unspecified atom stereocenters. The summed E-state index contributed by atoms with van der Waals surface area (Å²) < 4.78 is 0. The molecular weight excluding hydrogens is 158 g/mol. The van der Waals surface area contributed by atoms with E-state index >= 15 is 0 Å². The Morgan fingerprint density at radius 3 is 3.08 bits per heavy atom. The van der Waals surface area contributed by atoms with Gasteiger partial charge in [0.25, 0.3) is 0 Å². The van der Waals surface area contributed by atoms with E-state index in [1.165, 1.54) is 12.3 Å². The maximum Gasteiger partial charge on any atom is 0.354 e. The van der Waals surface area contributed by atoms with E-state index in [9.17, 15) is 4.79 Å². The summed E-state index contributed by atoms with van der Waals surface area (Å²) in [6.07, 6.45) is 1.43. The lowest BCUT2D eigenvalue weighted by Crippen LogP contribution is -2.11. The van der Waals surface area contributed by atoms with Gasteiger partial charge in [-0.15, -0.1) is 0 Å². The van der Waals surface area contributed by atoms with Gasteiger partial charge < -0.3 is 10.4 Å². The second kappa shape index (κ2) is 3.77. The second-order valence-corrected chi connectivity index (χ2v) is 2.19. The first-order valence-electron chi connectivity index (χ1n) is 3.44. The molecule has 0 aliphatic carbocycles. The summed E-state index contributed by atoms with van der Waals surface area (Å²) in [6.45, 7) is 0.473. The number of hydrogen-bond donors (Lipinski definition) is 2. The topological polar surface area (TPSA) is 75.1 Å². The van der Waals surface area contributed by atoms with Crippen molar-refractivity contribution in [2.24, 2.45) is 0 Å². The van der Waals surface area contributed by atoms with Crippen molar-refractivity contribution in [2.45, 2.75) is 6.54 Å². The van der Waals surface area contributed by atoms with Crippen molar-refractivity contribution in [2.75, 3.05) is 7.05 Å². The lowest BCUT2D eigenvalue weighted by atomic mass is 10.4. The molecule has 2 N–H and O–H groups in total. The fourth-order valence-corrected chi connectivity index (χ4v) is 0.761. The first-order chi connectivity index (χ1) is 5.74. The van der Waals surface area contributed by atoms with Crippen LogP contribution in [-0.2, 0) is 6.54 Å². The Morgan fingerprint density at radius 1 is 1.75 bits per heavy atom. The van der Waals surface area contributed by atoms with Gasteiger partial charge in [0.1, 0.15) is 5.82 Å². The lowest BCUT2D eigenvalue weighted by Gasteiger charge is -1.98. The minimum absolute atomic E-state index is 0.0234. The van der Waals surface area contributed by atoms with Crippen molar-refractivity contribution < 1.29 is 9.90 Å². The largest absolute Gasteiger partial charge is 0.477 e. The molecule has 64 valence electrons. The summed E-state index contributed by atoms with van der Waals surface area (Å²) in [5.41, 5.74) is 0.0234. The molecule has 12 heavy (non-hydrogen) atoms. The van der Waals surface area contributed by atoms with Gasteiger partial charge in [0.15, 0.2) is 5.69 Å². The molecule has 0 radical (unpaired) electrons. The van der Waals surface area contributed by atoms with E-state index in [0.29, 0.717) is 12.4 Å². The first kappa shape index (κ1) is 8.61. The fourth-order valence-electron chi connectivity index (χ4n) is 0.761. The molecule has 0 bridgehead atoms. The van der Waals surface area contributed by atoms with Crippen LogP contribution >= 0.6 is 0 Å². The molecule has 1 heterocycles. The second-order valence-electron chi connectivity index (χ2n) is 2.19. The number of carbonyl (C=O) groups is 1. The smallest absolute Gasteiger partial charge is 0.354 e. The van der Waals surface area contributed by atoms with Gasteiger partial charge >= 0.3 is 5.97 Å². The van der Waals surface area contributed by atoms with Gasteiger partial charge in [0.2, 0.25) is 0 Å². The van der Waals surface area contributed by atoms with Crippen LogP contribution < -0.4 is 5.32 Å². The van der Waals surface area contributed by atoms with E-state index in [1.807, 2.05) is 0 Å². The third-order valence-electron chi connectivity index (χ3n) is 1.26. The number of aromatic nitrogens is 2. The fraction of sp³-hybridized carbons (Fsp3) is 0.286. The minimum atomic E-state index is -1.03. The van der Waals surface area contributed by atoms with Crippen molar-refractivity contribution in [3.05, 3.63) is 23.8 Å². The van der Waals surface area contributed by atoms with Gasteiger partial charge in [-0.3, -0.25) is 0 Å². The molecule has 0 atom stereocenters. The number of nitrogens with one attached hydrogen (secondary N) is 1. The monoisotopic (exact) mass is 167 g/mol. The number of carboxylic acid groups (broad SMARTS) is 1. The maximum absolute atomic E-state index is 10.4. The molecule has 0 spiro atoms. The standard InChI is InChI=1S/C7H9N3O2/c1-8-4-6-9-3-2-5(10-6)7(11)12/h2-3,8H,4H2,1H3,(H,11,12). The van der Waals surface area contributed by atoms with Crippen molar-refractivity contribution in [1.82, 2.24) is 15.3 Å². The molecule has 0 aromatic carbocycles. The SMILES string of the molecule is CNCc1nccc(C(=O)O)n1. The summed E-state index contributed by atoms with van der Waals surface area (Å²) in [5.74, 6) is -0.549. The third kappa shape index (κ3) is 2.00. The van der Waals surface area contributed by atoms with Gasteiger partial charge in [0, 0.05) is 6.20 Å². The molecule has 0 amide bonds. The zero-order valence-corrected chi connectivity index (χ0v) is 6.61. The Morgan fingerprint density at radius 2 is 2.50 bits per heavy atom. The van der Waals surface area contributed by atoms with E-state index in [4.69, 9.17) is 5.11 Å². The maximum atomic E-state index is 10.4. The van der Waals surface area contributed by atoms with Gasteiger partial charge in [-0.2, -0.15) is 0 Å². The highest BCUT2D eigenvalue weighted by Gasteiger charge is 2.04. The Kier molecular flexibility index (Phi) is 2.71. The molecular formula is C7H9N3O2. The number of hydrogen-bond acceptors (Lipinski definition) is 4. The summed E-state index contributed by atoms with van der Waals surface area (Å²) >= 11 is 0. The summed E-state index contributed by atoms with van der Waals surface area (Å²) in [5, 5.41) is 11.4. The van der Waals surface area contributed by atoms with Gasteiger partial charge in [-0.25, -0.2) is 14.8 Å². The average Bonchev–Trinajstić information content (AvgIpc) is 2.05. The molecule has 0 aliphatic heterocycles. The molecule has 0 saturated carbocycles. The molecule has 1 aromatic rings. The van der Waals surface area contributed by atoms with Crippen LogP contribution in [0.1, 0.15) is 16.3 Å². The minimum Gasteiger partial charge on any atom is -0.477 e. The van der Waals surface area contributed by atoms with Crippen LogP contribution in [0.3, 0.4) is 0 Å². The van der Waals surface area contributed by atoms with Crippen LogP contribution in [0.5, 0.6) is 0 Å². The number of rotatable bonds is 3. The van der Waals surface area contributed by atoms with Crippen LogP contribution in [0, 0.1) is 0 Å². The predicted molar refractivity (Wildman–Crippen MR) is 41.8 cm³/mol. The molecule has 0 aliphatic rings. The van der Waals surface area contributed by atoms with Gasteiger partial charge in [0.05, 0.1) is 6.54 Å². The zero-order chi connectivity index (χ0) is 8.97. The van der Waals surface area contributed by atoms with Crippen LogP contribution in [-0.4, -0.2) is 28.1 Å². The Balaban J connectivity index is 2.88. The van der Waals surface area contributed by atoms with Crippen LogP contribution in [0.25, 0.3) is 0 Å². The molecule has 0 fully saturated rings. The Labute approximate surface area is 69.5 Å². The van der Waals surface area contributed by atoms with Crippen molar-refractivity contribution >= 4 is 5.97 Å². The van der Waals surface area contributed by atoms with E-state index in [1.54, 1.807) is 7.05 Å². The average molecular weight is 167 g/mol. The predicted octanol–water partition coefficient (Wildman–Crippen LogP) is -0.106. The third-order valence-corrected chi connectivity index (χ3v) is 1.26. The van der Waals surface area contributed by atoms with E-state index in [0.717, 1.165) is 0 Å². The number of aromatic carboxylic acids is 1. The van der Waals surface area contributed by atoms with E-state index < -0.39 is 5.97 Å². The van der Waals surface area contributed by atoms with Gasteiger partial charge in [-0.05, 0) is 13.1 Å². The molecule has 0 saturated heterocycles. The van der Waals surface area contributed by atoms with E-state index in [-0.39, 0.29) is 5.69 Å². The van der Waals surface area contributed by atoms with Crippen LogP contribution in [0.4, 0.5) is 0 Å². The number of nitrogens with zero attached hydrogens (tertiary/aromatic N) is 2. The first-order valence-corrected chi connectivity index (χ1v) is 3.44. The van der Waals surface area contributed by atoms with Crippen LogP contribution in [0.15, 0.2) is 12.3 Å². The van der Waals surface area contributed by atoms with Crippen LogP contribution in [0.2, 0.25) is 0 Å². The molecule has 5 nitrogen and oxygen atoms in total. The normalized spacial score (nSPS) is 9.75. The lowest BCUT2D eigenvalue weighted by molar-refractivity contribution is 0.0690. The highest BCUT2D eigenvalue weighted by atomic mass is 16.4. The van der Waals surface area contributed by atoms with Gasteiger partial charge in [-0.1, -0.05) is 0 Å². The Bertz CT molecular complexity index is 288.